The standard InChI is InChI=1S/C16H18N2OS/c1-10-2-3-11-8-18(9-12(11)6-10)16(19)14-7-15-13(17-14)4-5-20-15/h2,4-5,7,11-12,17H,3,6,8-9H2,1H3/t11-,12+/m0/s1. The second-order valence-corrected chi connectivity index (χ2v) is 7.05. The minimum absolute atomic E-state index is 0.167. The molecular weight excluding hydrogens is 268 g/mol. The largest absolute Gasteiger partial charge is 0.350 e. The van der Waals surface area contributed by atoms with Crippen LogP contribution >= 0.6 is 11.3 Å². The molecule has 3 nitrogen and oxygen atoms in total. The smallest absolute Gasteiger partial charge is 0.270 e. The molecule has 0 bridgehead atoms. The molecule has 1 N–H and O–H groups in total. The fraction of sp³-hybridized carbons (Fsp3) is 0.438. The molecule has 2 aromatic heterocycles. The van der Waals surface area contributed by atoms with Crippen LogP contribution in [0, 0.1) is 11.8 Å². The Labute approximate surface area is 122 Å². The van der Waals surface area contributed by atoms with Crippen LogP contribution in [0.25, 0.3) is 10.2 Å². The molecule has 4 rings (SSSR count). The molecule has 0 aromatic carbocycles. The second kappa shape index (κ2) is 4.48. The Balaban J connectivity index is 1.54. The van der Waals surface area contributed by atoms with Crippen LogP contribution in [0.2, 0.25) is 0 Å². The summed E-state index contributed by atoms with van der Waals surface area (Å²) in [6.45, 7) is 4.04. The van der Waals surface area contributed by atoms with E-state index in [1.807, 2.05) is 22.4 Å². The zero-order valence-electron chi connectivity index (χ0n) is 11.6. The molecule has 0 radical (unpaired) electrons. The van der Waals surface area contributed by atoms with Crippen molar-refractivity contribution >= 4 is 27.5 Å². The summed E-state index contributed by atoms with van der Waals surface area (Å²) in [5, 5.41) is 2.05. The quantitative estimate of drug-likeness (QED) is 0.798. The number of hydrogen-bond donors (Lipinski definition) is 1. The van der Waals surface area contributed by atoms with Gasteiger partial charge in [0, 0.05) is 13.1 Å². The van der Waals surface area contributed by atoms with Crippen molar-refractivity contribution in [1.82, 2.24) is 9.88 Å². The molecule has 1 aliphatic heterocycles. The maximum absolute atomic E-state index is 12.6. The molecule has 20 heavy (non-hydrogen) atoms. The predicted molar refractivity (Wildman–Crippen MR) is 82.1 cm³/mol. The highest BCUT2D eigenvalue weighted by molar-refractivity contribution is 7.17. The summed E-state index contributed by atoms with van der Waals surface area (Å²) in [5.74, 6) is 1.50. The van der Waals surface area contributed by atoms with Gasteiger partial charge in [0.15, 0.2) is 0 Å². The molecule has 2 aromatic rings. The van der Waals surface area contributed by atoms with Gasteiger partial charge in [0.2, 0.25) is 0 Å². The summed E-state index contributed by atoms with van der Waals surface area (Å²) in [7, 11) is 0. The molecule has 2 aliphatic rings. The zero-order valence-corrected chi connectivity index (χ0v) is 12.4. The third-order valence-corrected chi connectivity index (χ3v) is 5.55. The van der Waals surface area contributed by atoms with Gasteiger partial charge in [-0.3, -0.25) is 4.79 Å². The van der Waals surface area contributed by atoms with E-state index in [-0.39, 0.29) is 5.91 Å². The molecular formula is C16H18N2OS. The highest BCUT2D eigenvalue weighted by atomic mass is 32.1. The van der Waals surface area contributed by atoms with Gasteiger partial charge in [-0.05, 0) is 49.1 Å². The van der Waals surface area contributed by atoms with Crippen molar-refractivity contribution in [2.24, 2.45) is 11.8 Å². The summed E-state index contributed by atoms with van der Waals surface area (Å²) < 4.78 is 1.17. The molecule has 0 spiro atoms. The number of carbonyl (C=O) groups is 1. The Kier molecular flexibility index (Phi) is 2.74. The average Bonchev–Trinajstić information content (AvgIpc) is 3.10. The minimum atomic E-state index is 0.167. The maximum Gasteiger partial charge on any atom is 0.270 e. The van der Waals surface area contributed by atoms with E-state index >= 15 is 0 Å². The van der Waals surface area contributed by atoms with E-state index in [0.29, 0.717) is 11.8 Å². The molecule has 4 heteroatoms. The van der Waals surface area contributed by atoms with Crippen LogP contribution in [-0.2, 0) is 0 Å². The lowest BCUT2D eigenvalue weighted by Crippen LogP contribution is -2.29. The summed E-state index contributed by atoms with van der Waals surface area (Å²) in [5.41, 5.74) is 3.31. The Morgan fingerprint density at radius 1 is 1.40 bits per heavy atom. The van der Waals surface area contributed by atoms with E-state index in [0.717, 1.165) is 37.1 Å². The van der Waals surface area contributed by atoms with Crippen LogP contribution in [0.15, 0.2) is 29.2 Å². The molecule has 0 unspecified atom stereocenters. The van der Waals surface area contributed by atoms with E-state index in [1.165, 1.54) is 10.3 Å². The summed E-state index contributed by atoms with van der Waals surface area (Å²) in [6, 6.07) is 4.03. The van der Waals surface area contributed by atoms with Crippen LogP contribution in [0.3, 0.4) is 0 Å². The third-order valence-electron chi connectivity index (χ3n) is 4.69. The first-order chi connectivity index (χ1) is 9.70. The Morgan fingerprint density at radius 2 is 2.25 bits per heavy atom. The van der Waals surface area contributed by atoms with Crippen molar-refractivity contribution in [3.8, 4) is 0 Å². The predicted octanol–water partition coefficient (Wildman–Crippen LogP) is 3.66. The number of rotatable bonds is 1. The number of nitrogens with zero attached hydrogens (tertiary/aromatic N) is 1. The number of hydrogen-bond acceptors (Lipinski definition) is 2. The monoisotopic (exact) mass is 286 g/mol. The van der Waals surface area contributed by atoms with Gasteiger partial charge in [0.25, 0.3) is 5.91 Å². The number of fused-ring (bicyclic) bond motifs is 2. The number of allylic oxidation sites excluding steroid dienone is 2. The first-order valence-corrected chi connectivity index (χ1v) is 8.10. The van der Waals surface area contributed by atoms with Crippen LogP contribution in [0.4, 0.5) is 0 Å². The first-order valence-electron chi connectivity index (χ1n) is 7.22. The van der Waals surface area contributed by atoms with Gasteiger partial charge in [-0.1, -0.05) is 11.6 Å². The molecule has 2 atom stereocenters. The highest BCUT2D eigenvalue weighted by Gasteiger charge is 2.36. The Morgan fingerprint density at radius 3 is 3.10 bits per heavy atom. The van der Waals surface area contributed by atoms with Gasteiger partial charge in [0.05, 0.1) is 10.2 Å². The average molecular weight is 286 g/mol. The fourth-order valence-electron chi connectivity index (χ4n) is 3.59. The Bertz CT molecular complexity index is 668. The van der Waals surface area contributed by atoms with E-state index in [4.69, 9.17) is 0 Å². The van der Waals surface area contributed by atoms with E-state index < -0.39 is 0 Å². The van der Waals surface area contributed by atoms with Crippen LogP contribution < -0.4 is 0 Å². The summed E-state index contributed by atoms with van der Waals surface area (Å²) >= 11 is 1.68. The van der Waals surface area contributed by atoms with Crippen molar-refractivity contribution < 1.29 is 4.79 Å². The number of amides is 1. The van der Waals surface area contributed by atoms with E-state index in [9.17, 15) is 4.79 Å². The number of aromatic nitrogens is 1. The van der Waals surface area contributed by atoms with Gasteiger partial charge < -0.3 is 9.88 Å². The third kappa shape index (κ3) is 1.90. The SMILES string of the molecule is CC1=CC[C@H]2CN(C(=O)c3cc4sccc4[nH]3)C[C@H]2C1. The molecule has 104 valence electrons. The van der Waals surface area contributed by atoms with Crippen LogP contribution in [-0.4, -0.2) is 28.9 Å². The van der Waals surface area contributed by atoms with Crippen molar-refractivity contribution in [2.75, 3.05) is 13.1 Å². The minimum Gasteiger partial charge on any atom is -0.350 e. The summed E-state index contributed by atoms with van der Waals surface area (Å²) in [6.07, 6.45) is 4.65. The molecule has 1 amide bonds. The number of nitrogens with one attached hydrogen (secondary N) is 1. The lowest BCUT2D eigenvalue weighted by Gasteiger charge is -2.21. The van der Waals surface area contributed by atoms with Crippen LogP contribution in [0.5, 0.6) is 0 Å². The first kappa shape index (κ1) is 12.2. The van der Waals surface area contributed by atoms with Crippen molar-refractivity contribution in [3.05, 3.63) is 34.9 Å². The number of thiophene rings is 1. The fourth-order valence-corrected chi connectivity index (χ4v) is 4.37. The normalized spacial score (nSPS) is 25.9. The van der Waals surface area contributed by atoms with Gasteiger partial charge >= 0.3 is 0 Å². The van der Waals surface area contributed by atoms with Crippen LogP contribution in [0.1, 0.15) is 30.3 Å². The second-order valence-electron chi connectivity index (χ2n) is 6.10. The lowest BCUT2D eigenvalue weighted by molar-refractivity contribution is 0.0779. The number of aromatic amines is 1. The molecule has 1 aliphatic carbocycles. The number of H-pyrrole nitrogens is 1. The maximum atomic E-state index is 12.6. The van der Waals surface area contributed by atoms with Gasteiger partial charge in [-0.15, -0.1) is 11.3 Å². The molecule has 1 fully saturated rings. The summed E-state index contributed by atoms with van der Waals surface area (Å²) in [4.78, 5) is 17.9. The Hall–Kier alpha value is -1.55. The lowest BCUT2D eigenvalue weighted by atomic mass is 9.83. The topological polar surface area (TPSA) is 36.1 Å². The van der Waals surface area contributed by atoms with Gasteiger partial charge in [0.1, 0.15) is 5.69 Å². The van der Waals surface area contributed by atoms with Gasteiger partial charge in [-0.25, -0.2) is 0 Å². The number of likely N-dealkylation sites (tertiary alicyclic amines) is 1. The van der Waals surface area contributed by atoms with Crippen molar-refractivity contribution in [2.45, 2.75) is 19.8 Å². The highest BCUT2D eigenvalue weighted by Crippen LogP contribution is 2.36. The van der Waals surface area contributed by atoms with E-state index in [2.05, 4.69) is 18.0 Å². The van der Waals surface area contributed by atoms with Crippen molar-refractivity contribution in [3.63, 3.8) is 0 Å². The van der Waals surface area contributed by atoms with E-state index in [1.54, 1.807) is 11.3 Å². The molecule has 1 saturated heterocycles. The van der Waals surface area contributed by atoms with Crippen molar-refractivity contribution in [1.29, 1.82) is 0 Å². The van der Waals surface area contributed by atoms with Gasteiger partial charge in [-0.2, -0.15) is 0 Å². The molecule has 0 saturated carbocycles. The number of carbonyl (C=O) groups excluding carboxylic acids is 1. The zero-order chi connectivity index (χ0) is 13.7. The molecule has 3 heterocycles.